The van der Waals surface area contributed by atoms with E-state index in [1.54, 1.807) is 17.7 Å². The number of hydrogen-bond acceptors (Lipinski definition) is 2. The molecule has 3 nitrogen and oxygen atoms in total. The van der Waals surface area contributed by atoms with Gasteiger partial charge in [-0.15, -0.1) is 12.3 Å². The molecule has 0 fully saturated rings. The summed E-state index contributed by atoms with van der Waals surface area (Å²) in [6.07, 6.45) is 5.76. The van der Waals surface area contributed by atoms with Crippen LogP contribution in [0.25, 0.3) is 0 Å². The first-order chi connectivity index (χ1) is 6.25. The molecular formula is C10H12N2O. The summed E-state index contributed by atoms with van der Waals surface area (Å²) in [6, 6.07) is 5.09. The number of nitrogens with zero attached hydrogens (tertiary/aromatic N) is 1. The number of terminal acetylenes is 1. The third kappa shape index (κ3) is 2.38. The second-order valence-electron chi connectivity index (χ2n) is 2.69. The van der Waals surface area contributed by atoms with E-state index in [9.17, 15) is 4.79 Å². The van der Waals surface area contributed by atoms with E-state index in [4.69, 9.17) is 6.42 Å². The van der Waals surface area contributed by atoms with Crippen molar-refractivity contribution in [2.75, 3.05) is 11.9 Å². The molecule has 1 aromatic heterocycles. The molecule has 0 atom stereocenters. The van der Waals surface area contributed by atoms with Crippen LogP contribution in [-0.2, 0) is 7.05 Å². The zero-order valence-electron chi connectivity index (χ0n) is 7.58. The average molecular weight is 176 g/mol. The first-order valence-corrected chi connectivity index (χ1v) is 4.09. The fraction of sp³-hybridized carbons (Fsp3) is 0.300. The lowest BCUT2D eigenvalue weighted by Gasteiger charge is -2.08. The van der Waals surface area contributed by atoms with Crippen molar-refractivity contribution in [3.05, 3.63) is 28.6 Å². The number of hydrogen-bond donors (Lipinski definition) is 1. The molecule has 0 aliphatic rings. The average Bonchev–Trinajstić information content (AvgIpc) is 2.13. The molecule has 1 aromatic rings. The summed E-state index contributed by atoms with van der Waals surface area (Å²) in [6.45, 7) is 0.688. The molecule has 0 aromatic carbocycles. The van der Waals surface area contributed by atoms with Crippen molar-refractivity contribution in [1.82, 2.24) is 4.57 Å². The van der Waals surface area contributed by atoms with Crippen LogP contribution >= 0.6 is 0 Å². The highest BCUT2D eigenvalue weighted by Gasteiger charge is 1.95. The molecule has 0 radical (unpaired) electrons. The topological polar surface area (TPSA) is 34.0 Å². The van der Waals surface area contributed by atoms with Gasteiger partial charge < -0.3 is 5.32 Å². The zero-order chi connectivity index (χ0) is 9.68. The highest BCUT2D eigenvalue weighted by atomic mass is 16.1. The van der Waals surface area contributed by atoms with Gasteiger partial charge in [0, 0.05) is 26.1 Å². The molecule has 0 aliphatic heterocycles. The molecule has 1 heterocycles. The Bertz CT molecular complexity index is 373. The zero-order valence-corrected chi connectivity index (χ0v) is 7.58. The Morgan fingerprint density at radius 1 is 1.62 bits per heavy atom. The minimum atomic E-state index is -0.0225. The van der Waals surface area contributed by atoms with E-state index in [1.807, 2.05) is 6.07 Å². The summed E-state index contributed by atoms with van der Waals surface area (Å²) in [5, 5.41) is 3.08. The summed E-state index contributed by atoms with van der Waals surface area (Å²) >= 11 is 0. The molecule has 0 amide bonds. The van der Waals surface area contributed by atoms with Crippen molar-refractivity contribution >= 4 is 5.82 Å². The minimum absolute atomic E-state index is 0.0225. The first-order valence-electron chi connectivity index (χ1n) is 4.09. The van der Waals surface area contributed by atoms with Crippen molar-refractivity contribution in [2.24, 2.45) is 7.05 Å². The Hall–Kier alpha value is -1.69. The Kier molecular flexibility index (Phi) is 3.15. The maximum atomic E-state index is 11.2. The molecule has 0 unspecified atom stereocenters. The fourth-order valence-corrected chi connectivity index (χ4v) is 1.00. The molecule has 1 rings (SSSR count). The summed E-state index contributed by atoms with van der Waals surface area (Å²) in [7, 11) is 1.72. The number of aromatic nitrogens is 1. The van der Waals surface area contributed by atoms with Gasteiger partial charge in [-0.1, -0.05) is 6.07 Å². The predicted molar refractivity (Wildman–Crippen MR) is 53.6 cm³/mol. The molecule has 0 spiro atoms. The van der Waals surface area contributed by atoms with Crippen LogP contribution in [0.1, 0.15) is 6.42 Å². The summed E-state index contributed by atoms with van der Waals surface area (Å²) in [5.41, 5.74) is -0.0225. The highest BCUT2D eigenvalue weighted by Crippen LogP contribution is 2.00. The van der Waals surface area contributed by atoms with Crippen LogP contribution in [-0.4, -0.2) is 11.1 Å². The largest absolute Gasteiger partial charge is 0.370 e. The lowest BCUT2D eigenvalue weighted by atomic mass is 10.4. The minimum Gasteiger partial charge on any atom is -0.370 e. The van der Waals surface area contributed by atoms with Crippen LogP contribution in [0.2, 0.25) is 0 Å². The Morgan fingerprint density at radius 3 is 3.08 bits per heavy atom. The number of pyridine rings is 1. The van der Waals surface area contributed by atoms with E-state index in [-0.39, 0.29) is 5.56 Å². The highest BCUT2D eigenvalue weighted by molar-refractivity contribution is 5.35. The van der Waals surface area contributed by atoms with Gasteiger partial charge in [0.15, 0.2) is 0 Å². The van der Waals surface area contributed by atoms with Crippen LogP contribution in [0.15, 0.2) is 23.0 Å². The van der Waals surface area contributed by atoms with Gasteiger partial charge in [-0.3, -0.25) is 9.36 Å². The SMILES string of the molecule is C#CCCNc1cccc(=O)n1C. The lowest BCUT2D eigenvalue weighted by Crippen LogP contribution is -2.19. The van der Waals surface area contributed by atoms with E-state index in [0.29, 0.717) is 13.0 Å². The van der Waals surface area contributed by atoms with Gasteiger partial charge in [0.1, 0.15) is 5.82 Å². The van der Waals surface area contributed by atoms with Crippen molar-refractivity contribution in [3.63, 3.8) is 0 Å². The van der Waals surface area contributed by atoms with Crippen molar-refractivity contribution in [3.8, 4) is 12.3 Å². The smallest absolute Gasteiger partial charge is 0.251 e. The molecule has 0 aliphatic carbocycles. The van der Waals surface area contributed by atoms with Crippen LogP contribution in [0.5, 0.6) is 0 Å². The summed E-state index contributed by atoms with van der Waals surface area (Å²) in [4.78, 5) is 11.2. The Morgan fingerprint density at radius 2 is 2.38 bits per heavy atom. The van der Waals surface area contributed by atoms with Crippen molar-refractivity contribution in [2.45, 2.75) is 6.42 Å². The quantitative estimate of drug-likeness (QED) is 0.546. The van der Waals surface area contributed by atoms with Gasteiger partial charge in [-0.05, 0) is 6.07 Å². The molecule has 1 N–H and O–H groups in total. The second-order valence-corrected chi connectivity index (χ2v) is 2.69. The standard InChI is InChI=1S/C10H12N2O/c1-3-4-8-11-9-6-5-7-10(13)12(9)2/h1,5-7,11H,4,8H2,2H3. The Balaban J connectivity index is 2.73. The molecule has 68 valence electrons. The third-order valence-corrected chi connectivity index (χ3v) is 1.76. The van der Waals surface area contributed by atoms with E-state index >= 15 is 0 Å². The first kappa shape index (κ1) is 9.40. The molecule has 13 heavy (non-hydrogen) atoms. The maximum absolute atomic E-state index is 11.2. The number of anilines is 1. The van der Waals surface area contributed by atoms with Crippen LogP contribution in [0, 0.1) is 12.3 Å². The van der Waals surface area contributed by atoms with Crippen LogP contribution < -0.4 is 10.9 Å². The van der Waals surface area contributed by atoms with Gasteiger partial charge in [0.2, 0.25) is 0 Å². The van der Waals surface area contributed by atoms with E-state index in [0.717, 1.165) is 5.82 Å². The molecular weight excluding hydrogens is 164 g/mol. The lowest BCUT2D eigenvalue weighted by molar-refractivity contribution is 0.854. The normalized spacial score (nSPS) is 9.23. The summed E-state index contributed by atoms with van der Waals surface area (Å²) < 4.78 is 1.55. The van der Waals surface area contributed by atoms with E-state index in [1.165, 1.54) is 6.07 Å². The monoisotopic (exact) mass is 176 g/mol. The molecule has 0 bridgehead atoms. The van der Waals surface area contributed by atoms with Crippen molar-refractivity contribution in [1.29, 1.82) is 0 Å². The molecule has 0 saturated carbocycles. The third-order valence-electron chi connectivity index (χ3n) is 1.76. The maximum Gasteiger partial charge on any atom is 0.251 e. The van der Waals surface area contributed by atoms with E-state index in [2.05, 4.69) is 11.2 Å². The number of nitrogens with one attached hydrogen (secondary N) is 1. The van der Waals surface area contributed by atoms with Gasteiger partial charge in [0.05, 0.1) is 0 Å². The van der Waals surface area contributed by atoms with Crippen LogP contribution in [0.3, 0.4) is 0 Å². The van der Waals surface area contributed by atoms with Gasteiger partial charge in [-0.2, -0.15) is 0 Å². The van der Waals surface area contributed by atoms with Gasteiger partial charge >= 0.3 is 0 Å². The predicted octanol–water partition coefficient (Wildman–Crippen LogP) is 0.821. The van der Waals surface area contributed by atoms with Crippen LogP contribution in [0.4, 0.5) is 5.82 Å². The molecule has 0 saturated heterocycles. The van der Waals surface area contributed by atoms with E-state index < -0.39 is 0 Å². The van der Waals surface area contributed by atoms with Gasteiger partial charge in [-0.25, -0.2) is 0 Å². The molecule has 3 heteroatoms. The Labute approximate surface area is 77.4 Å². The summed E-state index contributed by atoms with van der Waals surface area (Å²) in [5.74, 6) is 3.32. The van der Waals surface area contributed by atoms with Gasteiger partial charge in [0.25, 0.3) is 5.56 Å². The fourth-order valence-electron chi connectivity index (χ4n) is 1.00. The second kappa shape index (κ2) is 4.36. The van der Waals surface area contributed by atoms with Crippen molar-refractivity contribution < 1.29 is 0 Å². The number of rotatable bonds is 3.